The van der Waals surface area contributed by atoms with Crippen molar-refractivity contribution < 1.29 is 37.6 Å². The minimum atomic E-state index is -1.61. The number of nitrogens with zero attached hydrogens (tertiary/aromatic N) is 4. The summed E-state index contributed by atoms with van der Waals surface area (Å²) in [7, 11) is 0. The Kier molecular flexibility index (Phi) is 12.5. The summed E-state index contributed by atoms with van der Waals surface area (Å²) in [5.41, 5.74) is 2.38. The highest BCUT2D eigenvalue weighted by Crippen LogP contribution is 2.40. The van der Waals surface area contributed by atoms with E-state index in [2.05, 4.69) is 19.9 Å². The molecule has 3 aromatic carbocycles. The number of hydrogen-bond acceptors (Lipinski definition) is 11. The topological polar surface area (TPSA) is 132 Å². The van der Waals surface area contributed by atoms with Crippen molar-refractivity contribution in [3.8, 4) is 34.0 Å². The molecule has 2 aliphatic rings. The number of ketones is 2. The zero-order valence-electron chi connectivity index (χ0n) is 32.0. The van der Waals surface area contributed by atoms with Gasteiger partial charge in [-0.3, -0.25) is 24.1 Å². The van der Waals surface area contributed by atoms with Crippen molar-refractivity contribution in [2.45, 2.75) is 66.3 Å². The molecule has 2 fully saturated rings. The van der Waals surface area contributed by atoms with E-state index >= 15 is 4.39 Å². The summed E-state index contributed by atoms with van der Waals surface area (Å²) in [5, 5.41) is 4.24. The maximum Gasteiger partial charge on any atom is 0.324 e. The first-order valence-corrected chi connectivity index (χ1v) is 19.2. The average Bonchev–Trinajstić information content (AvgIpc) is 3.69. The van der Waals surface area contributed by atoms with Crippen LogP contribution in [0.1, 0.15) is 65.4 Å². The highest BCUT2D eigenvalue weighted by molar-refractivity contribution is 6.01. The fourth-order valence-corrected chi connectivity index (χ4v) is 6.94. The molecule has 0 N–H and O–H groups in total. The zero-order valence-corrected chi connectivity index (χ0v) is 32.0. The smallest absolute Gasteiger partial charge is 0.324 e. The third-order valence-corrected chi connectivity index (χ3v) is 10.6. The molecule has 3 heterocycles. The molecular weight excluding hydrogens is 703 g/mol. The quantitative estimate of drug-likeness (QED) is 0.0948. The highest BCUT2D eigenvalue weighted by atomic mass is 19.1. The average molecular weight is 753 g/mol. The second-order valence-electron chi connectivity index (χ2n) is 15.1. The summed E-state index contributed by atoms with van der Waals surface area (Å²) in [6, 6.07) is 21.0. The van der Waals surface area contributed by atoms with Crippen molar-refractivity contribution in [1.29, 1.82) is 0 Å². The maximum absolute atomic E-state index is 16.5. The van der Waals surface area contributed by atoms with Crippen molar-refractivity contribution >= 4 is 29.2 Å². The Morgan fingerprint density at radius 1 is 0.764 bits per heavy atom. The van der Waals surface area contributed by atoms with Gasteiger partial charge in [0.25, 0.3) is 5.89 Å². The summed E-state index contributed by atoms with van der Waals surface area (Å²) in [6.07, 6.45) is 3.39. The third kappa shape index (κ3) is 9.02. The summed E-state index contributed by atoms with van der Waals surface area (Å²) < 4.78 is 32.9. The van der Waals surface area contributed by atoms with Gasteiger partial charge in [-0.05, 0) is 54.9 Å². The molecule has 0 saturated carbocycles. The van der Waals surface area contributed by atoms with Crippen LogP contribution in [-0.4, -0.2) is 77.9 Å². The number of carbonyl (C=O) groups is 4. The Hall–Kier alpha value is -5.23. The maximum atomic E-state index is 16.5. The number of benzene rings is 3. The molecule has 1 aromatic heterocycles. The van der Waals surface area contributed by atoms with Gasteiger partial charge in [0.2, 0.25) is 5.82 Å². The lowest BCUT2D eigenvalue weighted by Crippen LogP contribution is -2.50. The van der Waals surface area contributed by atoms with Gasteiger partial charge in [0, 0.05) is 50.1 Å². The van der Waals surface area contributed by atoms with E-state index in [0.29, 0.717) is 42.3 Å². The summed E-state index contributed by atoms with van der Waals surface area (Å²) in [5.74, 6) is -2.72. The fraction of sp³-hybridized carbons (Fsp3) is 0.442. The van der Waals surface area contributed by atoms with Crippen LogP contribution in [0.5, 0.6) is 0 Å². The Balaban J connectivity index is 1.15. The van der Waals surface area contributed by atoms with Crippen LogP contribution in [-0.2, 0) is 35.2 Å². The highest BCUT2D eigenvalue weighted by Gasteiger charge is 2.51. The minimum Gasteiger partial charge on any atom is -0.457 e. The van der Waals surface area contributed by atoms with E-state index in [1.54, 1.807) is 27.7 Å². The van der Waals surface area contributed by atoms with Crippen molar-refractivity contribution in [2.75, 3.05) is 44.3 Å². The van der Waals surface area contributed by atoms with Gasteiger partial charge < -0.3 is 18.9 Å². The fourth-order valence-electron chi connectivity index (χ4n) is 6.94. The van der Waals surface area contributed by atoms with Crippen LogP contribution in [0.4, 0.5) is 10.1 Å². The molecule has 11 nitrogen and oxygen atoms in total. The predicted molar refractivity (Wildman–Crippen MR) is 205 cm³/mol. The molecule has 0 amide bonds. The van der Waals surface area contributed by atoms with E-state index < -0.39 is 30.6 Å². The molecule has 0 bridgehead atoms. The molecular formula is C43H49FN4O7. The second kappa shape index (κ2) is 17.5. The molecule has 4 aromatic rings. The lowest BCUT2D eigenvalue weighted by atomic mass is 9.78. The van der Waals surface area contributed by atoms with Crippen LogP contribution < -0.4 is 4.90 Å². The number of carbonyl (C=O) groups excluding carboxylic acids is 4. The molecule has 290 valence electrons. The SMILES string of the molecule is CC(C)C(=O)COC(=O)C1(C(=O)OCC(=O)C(C)C)CCN(Cc2ccc(-c3noc(-c4c(-c5ccccc5)ccc(N5CCCCC5)c4F)n3)cc2)CC1. The standard InChI is InChI=1S/C43H49FN4O7/c1-28(2)35(49)26-53-41(51)43(42(52)54-27-36(50)29(3)4)19-23-47(24-20-43)25-30-13-15-32(16-14-30)39-45-40(55-46-39)37-33(31-11-7-5-8-12-31)17-18-34(38(37)44)48-21-9-6-10-22-48/h5,7-8,11-18,28-29H,6,9-10,19-27H2,1-4H3. The van der Waals surface area contributed by atoms with Crippen LogP contribution >= 0.6 is 0 Å². The molecule has 0 unspecified atom stereocenters. The third-order valence-electron chi connectivity index (χ3n) is 10.6. The number of halogens is 1. The molecule has 55 heavy (non-hydrogen) atoms. The second-order valence-corrected chi connectivity index (χ2v) is 15.1. The van der Waals surface area contributed by atoms with Gasteiger partial charge in [0.05, 0.1) is 11.3 Å². The Labute approximate surface area is 321 Å². The first-order valence-electron chi connectivity index (χ1n) is 19.2. The van der Waals surface area contributed by atoms with Gasteiger partial charge >= 0.3 is 11.9 Å². The van der Waals surface area contributed by atoms with Crippen LogP contribution in [0, 0.1) is 23.1 Å². The molecule has 0 radical (unpaired) electrons. The number of rotatable bonds is 14. The number of piperidine rings is 2. The van der Waals surface area contributed by atoms with Crippen LogP contribution in [0.3, 0.4) is 0 Å². The largest absolute Gasteiger partial charge is 0.457 e. The normalized spacial score (nSPS) is 15.9. The van der Waals surface area contributed by atoms with Gasteiger partial charge in [0.15, 0.2) is 22.8 Å². The first kappa shape index (κ1) is 39.5. The lowest BCUT2D eigenvalue weighted by molar-refractivity contribution is -0.178. The number of Topliss-reactive ketones (excluding diaryl/α,β-unsaturated/α-hetero) is 2. The summed E-state index contributed by atoms with van der Waals surface area (Å²) in [4.78, 5) is 60.0. The zero-order chi connectivity index (χ0) is 39.1. The lowest BCUT2D eigenvalue weighted by Gasteiger charge is -2.38. The van der Waals surface area contributed by atoms with Gasteiger partial charge in [-0.15, -0.1) is 0 Å². The Morgan fingerprint density at radius 3 is 1.95 bits per heavy atom. The predicted octanol–water partition coefficient (Wildman–Crippen LogP) is 7.32. The van der Waals surface area contributed by atoms with Crippen LogP contribution in [0.15, 0.2) is 71.3 Å². The number of aromatic nitrogens is 2. The number of ether oxygens (including phenoxy) is 2. The van der Waals surface area contributed by atoms with Gasteiger partial charge in [-0.25, -0.2) is 4.39 Å². The van der Waals surface area contributed by atoms with Gasteiger partial charge in [-0.1, -0.05) is 93.5 Å². The van der Waals surface area contributed by atoms with E-state index in [1.807, 2.05) is 66.7 Å². The van der Waals surface area contributed by atoms with E-state index in [0.717, 1.165) is 43.5 Å². The van der Waals surface area contributed by atoms with Crippen molar-refractivity contribution in [1.82, 2.24) is 15.0 Å². The summed E-state index contributed by atoms with van der Waals surface area (Å²) >= 11 is 0. The number of anilines is 1. The summed E-state index contributed by atoms with van der Waals surface area (Å²) in [6.45, 7) is 8.85. The van der Waals surface area contributed by atoms with Crippen molar-refractivity contribution in [2.24, 2.45) is 17.3 Å². The molecule has 6 rings (SSSR count). The molecule has 2 saturated heterocycles. The van der Waals surface area contributed by atoms with Crippen LogP contribution in [0.25, 0.3) is 34.0 Å². The van der Waals surface area contributed by atoms with E-state index in [4.69, 9.17) is 14.0 Å². The molecule has 0 atom stereocenters. The van der Waals surface area contributed by atoms with E-state index in [-0.39, 0.29) is 53.5 Å². The minimum absolute atomic E-state index is 0.102. The number of likely N-dealkylation sites (tertiary alicyclic amines) is 1. The number of esters is 2. The first-order chi connectivity index (χ1) is 26.5. The Bertz CT molecular complexity index is 1940. The number of hydrogen-bond donors (Lipinski definition) is 0. The van der Waals surface area contributed by atoms with E-state index in [1.165, 1.54) is 0 Å². The Morgan fingerprint density at radius 2 is 1.36 bits per heavy atom. The van der Waals surface area contributed by atoms with Gasteiger partial charge in [0.1, 0.15) is 13.2 Å². The molecule has 2 aliphatic heterocycles. The van der Waals surface area contributed by atoms with Crippen molar-refractivity contribution in [3.63, 3.8) is 0 Å². The van der Waals surface area contributed by atoms with Crippen molar-refractivity contribution in [3.05, 3.63) is 78.1 Å². The van der Waals surface area contributed by atoms with Gasteiger partial charge in [-0.2, -0.15) is 4.98 Å². The molecule has 0 spiro atoms. The molecule has 12 heteroatoms. The van der Waals surface area contributed by atoms with E-state index in [9.17, 15) is 19.2 Å². The monoisotopic (exact) mass is 752 g/mol. The van der Waals surface area contributed by atoms with Crippen LogP contribution in [0.2, 0.25) is 0 Å². The molecule has 0 aliphatic carbocycles.